The molecule has 0 amide bonds. The molecule has 10 heavy (non-hydrogen) atoms. The number of fused-ring (bicyclic) bond motifs is 1. The third kappa shape index (κ3) is 1.32. The van der Waals surface area contributed by atoms with Gasteiger partial charge in [0.15, 0.2) is 0 Å². The summed E-state index contributed by atoms with van der Waals surface area (Å²) in [6.07, 6.45) is 4.13. The standard InChI is InChI=1S/C8H14OS/c1-2-7-6-9-4-3-8(7)10-5-1/h7-8H,1-6H2. The van der Waals surface area contributed by atoms with Gasteiger partial charge in [-0.1, -0.05) is 0 Å². The van der Waals surface area contributed by atoms with Crippen molar-refractivity contribution in [3.63, 3.8) is 0 Å². The predicted molar refractivity (Wildman–Crippen MR) is 44.4 cm³/mol. The van der Waals surface area contributed by atoms with Crippen LogP contribution >= 0.6 is 11.8 Å². The van der Waals surface area contributed by atoms with Gasteiger partial charge in [0.05, 0.1) is 6.61 Å². The molecule has 0 radical (unpaired) electrons. The van der Waals surface area contributed by atoms with E-state index in [2.05, 4.69) is 11.8 Å². The van der Waals surface area contributed by atoms with E-state index >= 15 is 0 Å². The Hall–Kier alpha value is 0.310. The lowest BCUT2D eigenvalue weighted by atomic mass is 9.96. The van der Waals surface area contributed by atoms with Gasteiger partial charge in [0.25, 0.3) is 0 Å². The summed E-state index contributed by atoms with van der Waals surface area (Å²) >= 11 is 2.17. The first-order chi connectivity index (χ1) is 4.97. The minimum absolute atomic E-state index is 0.896. The molecule has 0 bridgehead atoms. The highest BCUT2D eigenvalue weighted by molar-refractivity contribution is 7.99. The van der Waals surface area contributed by atoms with Crippen LogP contribution in [-0.2, 0) is 4.74 Å². The van der Waals surface area contributed by atoms with E-state index < -0.39 is 0 Å². The van der Waals surface area contributed by atoms with Crippen LogP contribution in [0.15, 0.2) is 0 Å². The van der Waals surface area contributed by atoms with Crippen LogP contribution in [0.1, 0.15) is 19.3 Å². The van der Waals surface area contributed by atoms with E-state index in [1.165, 1.54) is 25.0 Å². The molecule has 2 heteroatoms. The molecule has 2 aliphatic heterocycles. The summed E-state index contributed by atoms with van der Waals surface area (Å²) in [7, 11) is 0. The number of thioether (sulfide) groups is 1. The van der Waals surface area contributed by atoms with Crippen molar-refractivity contribution in [3.05, 3.63) is 0 Å². The zero-order chi connectivity index (χ0) is 6.81. The van der Waals surface area contributed by atoms with Gasteiger partial charge in [0.2, 0.25) is 0 Å². The molecule has 2 aliphatic rings. The van der Waals surface area contributed by atoms with Gasteiger partial charge in [-0.3, -0.25) is 0 Å². The van der Waals surface area contributed by atoms with Crippen LogP contribution < -0.4 is 0 Å². The van der Waals surface area contributed by atoms with E-state index in [1.807, 2.05) is 0 Å². The summed E-state index contributed by atoms with van der Waals surface area (Å²) in [5.41, 5.74) is 0. The van der Waals surface area contributed by atoms with Crippen LogP contribution in [0, 0.1) is 5.92 Å². The van der Waals surface area contributed by atoms with Crippen LogP contribution in [0.4, 0.5) is 0 Å². The highest BCUT2D eigenvalue weighted by atomic mass is 32.2. The molecule has 2 atom stereocenters. The number of ether oxygens (including phenoxy) is 1. The maximum absolute atomic E-state index is 5.43. The average molecular weight is 158 g/mol. The highest BCUT2D eigenvalue weighted by Crippen LogP contribution is 2.35. The van der Waals surface area contributed by atoms with E-state index in [-0.39, 0.29) is 0 Å². The van der Waals surface area contributed by atoms with Gasteiger partial charge in [-0.25, -0.2) is 0 Å². The number of rotatable bonds is 0. The van der Waals surface area contributed by atoms with Crippen LogP contribution in [0.25, 0.3) is 0 Å². The molecule has 0 aliphatic carbocycles. The molecule has 2 heterocycles. The molecule has 2 rings (SSSR count). The van der Waals surface area contributed by atoms with Crippen LogP contribution in [-0.4, -0.2) is 24.2 Å². The third-order valence-electron chi connectivity index (χ3n) is 2.46. The molecule has 1 nitrogen and oxygen atoms in total. The second-order valence-electron chi connectivity index (χ2n) is 3.18. The molecule has 58 valence electrons. The molecule has 0 spiro atoms. The minimum atomic E-state index is 0.896. The molecular weight excluding hydrogens is 144 g/mol. The third-order valence-corrected chi connectivity index (χ3v) is 4.03. The molecule has 0 aromatic rings. The first-order valence-corrected chi connectivity index (χ1v) is 5.21. The van der Waals surface area contributed by atoms with E-state index in [1.54, 1.807) is 0 Å². The van der Waals surface area contributed by atoms with Crippen molar-refractivity contribution in [1.82, 2.24) is 0 Å². The fourth-order valence-corrected chi connectivity index (χ4v) is 3.23. The summed E-state index contributed by atoms with van der Waals surface area (Å²) in [6, 6.07) is 0. The Kier molecular flexibility index (Phi) is 2.19. The molecule has 0 N–H and O–H groups in total. The maximum atomic E-state index is 5.43. The second kappa shape index (κ2) is 3.14. The number of hydrogen-bond acceptors (Lipinski definition) is 2. The zero-order valence-corrected chi connectivity index (χ0v) is 7.03. The van der Waals surface area contributed by atoms with Gasteiger partial charge in [0.1, 0.15) is 0 Å². The fourth-order valence-electron chi connectivity index (χ4n) is 1.85. The molecule has 2 unspecified atom stereocenters. The molecule has 0 aromatic carbocycles. The van der Waals surface area contributed by atoms with E-state index in [4.69, 9.17) is 4.74 Å². The average Bonchev–Trinajstić information content (AvgIpc) is 2.05. The van der Waals surface area contributed by atoms with Gasteiger partial charge in [-0.2, -0.15) is 11.8 Å². The summed E-state index contributed by atoms with van der Waals surface area (Å²) in [5.74, 6) is 2.29. The smallest absolute Gasteiger partial charge is 0.0504 e. The monoisotopic (exact) mass is 158 g/mol. The zero-order valence-electron chi connectivity index (χ0n) is 6.21. The van der Waals surface area contributed by atoms with Gasteiger partial charge >= 0.3 is 0 Å². The predicted octanol–water partition coefficient (Wildman–Crippen LogP) is 1.92. The lowest BCUT2D eigenvalue weighted by Gasteiger charge is -2.34. The molecule has 0 aromatic heterocycles. The van der Waals surface area contributed by atoms with Crippen molar-refractivity contribution in [1.29, 1.82) is 0 Å². The Morgan fingerprint density at radius 1 is 1.30 bits per heavy atom. The van der Waals surface area contributed by atoms with Crippen LogP contribution in [0.5, 0.6) is 0 Å². The summed E-state index contributed by atoms with van der Waals surface area (Å²) in [4.78, 5) is 0. The SMILES string of the molecule is C1CSC2CCOCC2C1. The Labute approximate surface area is 66.5 Å². The Morgan fingerprint density at radius 3 is 3.20 bits per heavy atom. The largest absolute Gasteiger partial charge is 0.381 e. The quantitative estimate of drug-likeness (QED) is 0.532. The Bertz CT molecular complexity index is 89.8. The lowest BCUT2D eigenvalue weighted by molar-refractivity contribution is 0.0541. The van der Waals surface area contributed by atoms with E-state index in [0.29, 0.717) is 0 Å². The normalized spacial score (nSPS) is 40.8. The summed E-state index contributed by atoms with van der Waals surface area (Å²) in [5, 5.41) is 0.947. The first-order valence-electron chi connectivity index (χ1n) is 4.16. The molecule has 2 saturated heterocycles. The summed E-state index contributed by atoms with van der Waals surface area (Å²) < 4.78 is 5.43. The topological polar surface area (TPSA) is 9.23 Å². The second-order valence-corrected chi connectivity index (χ2v) is 4.52. The minimum Gasteiger partial charge on any atom is -0.381 e. The molecule has 2 fully saturated rings. The van der Waals surface area contributed by atoms with Gasteiger partial charge < -0.3 is 4.74 Å². The first kappa shape index (κ1) is 6.99. The Morgan fingerprint density at radius 2 is 2.30 bits per heavy atom. The van der Waals surface area contributed by atoms with Crippen molar-refractivity contribution in [2.75, 3.05) is 19.0 Å². The molecular formula is C8H14OS. The van der Waals surface area contributed by atoms with Crippen molar-refractivity contribution >= 4 is 11.8 Å². The number of hydrogen-bond donors (Lipinski definition) is 0. The van der Waals surface area contributed by atoms with Crippen LogP contribution in [0.3, 0.4) is 0 Å². The fraction of sp³-hybridized carbons (Fsp3) is 1.00. The van der Waals surface area contributed by atoms with Crippen molar-refractivity contribution < 1.29 is 4.74 Å². The Balaban J connectivity index is 1.93. The van der Waals surface area contributed by atoms with Gasteiger partial charge in [0, 0.05) is 11.9 Å². The van der Waals surface area contributed by atoms with E-state index in [9.17, 15) is 0 Å². The maximum Gasteiger partial charge on any atom is 0.0504 e. The van der Waals surface area contributed by atoms with Gasteiger partial charge in [-0.05, 0) is 30.9 Å². The lowest BCUT2D eigenvalue weighted by Crippen LogP contribution is -2.32. The van der Waals surface area contributed by atoms with Crippen molar-refractivity contribution in [2.45, 2.75) is 24.5 Å². The highest BCUT2D eigenvalue weighted by Gasteiger charge is 2.28. The van der Waals surface area contributed by atoms with Crippen molar-refractivity contribution in [3.8, 4) is 0 Å². The summed E-state index contributed by atoms with van der Waals surface area (Å²) in [6.45, 7) is 2.05. The van der Waals surface area contributed by atoms with Gasteiger partial charge in [-0.15, -0.1) is 0 Å². The van der Waals surface area contributed by atoms with E-state index in [0.717, 1.165) is 24.4 Å². The molecule has 0 saturated carbocycles. The van der Waals surface area contributed by atoms with Crippen molar-refractivity contribution in [2.24, 2.45) is 5.92 Å². The van der Waals surface area contributed by atoms with Crippen LogP contribution in [0.2, 0.25) is 0 Å².